The maximum Gasteiger partial charge on any atom is 0.228 e. The Morgan fingerprint density at radius 2 is 1.77 bits per heavy atom. The smallest absolute Gasteiger partial charge is 0.228 e. The minimum Gasteiger partial charge on any atom is -0.497 e. The van der Waals surface area contributed by atoms with Gasteiger partial charge in [-0.1, -0.05) is 29.8 Å². The van der Waals surface area contributed by atoms with Gasteiger partial charge < -0.3 is 19.6 Å². The molecule has 2 saturated heterocycles. The summed E-state index contributed by atoms with van der Waals surface area (Å²) in [5, 5.41) is 10.1. The molecule has 0 aromatic heterocycles. The first kappa shape index (κ1) is 21.4. The summed E-state index contributed by atoms with van der Waals surface area (Å²) in [7, 11) is 1.62. The lowest BCUT2D eigenvalue weighted by atomic mass is 9.82. The van der Waals surface area contributed by atoms with Gasteiger partial charge in [0.05, 0.1) is 25.2 Å². The molecular formula is C25H30N2O4. The van der Waals surface area contributed by atoms with E-state index in [1.54, 1.807) is 16.9 Å². The normalized spacial score (nSPS) is 24.2. The number of hydrogen-bond donors (Lipinski definition) is 1. The molecule has 0 aliphatic carbocycles. The first-order valence-electron chi connectivity index (χ1n) is 11.0. The van der Waals surface area contributed by atoms with Gasteiger partial charge in [-0.25, -0.2) is 0 Å². The van der Waals surface area contributed by atoms with Crippen LogP contribution >= 0.6 is 0 Å². The Labute approximate surface area is 183 Å². The molecule has 2 aliphatic heterocycles. The van der Waals surface area contributed by atoms with E-state index in [0.717, 1.165) is 35.4 Å². The number of ether oxygens (including phenoxy) is 1. The number of β-amino-alcohol motifs (C(OH)–C–C–N with tert-alkyl or cyclic N) is 1. The molecule has 31 heavy (non-hydrogen) atoms. The molecule has 0 spiro atoms. The Kier molecular flexibility index (Phi) is 6.28. The van der Waals surface area contributed by atoms with Crippen molar-refractivity contribution in [3.63, 3.8) is 0 Å². The van der Waals surface area contributed by atoms with E-state index in [2.05, 4.69) is 0 Å². The second-order valence-electron chi connectivity index (χ2n) is 8.54. The zero-order valence-corrected chi connectivity index (χ0v) is 18.2. The molecule has 0 bridgehead atoms. The molecule has 4 rings (SSSR count). The van der Waals surface area contributed by atoms with Gasteiger partial charge in [0.2, 0.25) is 11.8 Å². The van der Waals surface area contributed by atoms with Crippen LogP contribution in [0.1, 0.15) is 42.9 Å². The number of benzene rings is 2. The number of carbonyl (C=O) groups excluding carboxylic acids is 2. The minimum absolute atomic E-state index is 0.0178. The number of methoxy groups -OCH3 is 1. The zero-order chi connectivity index (χ0) is 22.0. The second-order valence-corrected chi connectivity index (χ2v) is 8.54. The fraction of sp³-hybridized carbons (Fsp3) is 0.440. The number of aryl methyl sites for hydroxylation is 1. The van der Waals surface area contributed by atoms with Crippen LogP contribution in [0.15, 0.2) is 48.5 Å². The molecule has 3 atom stereocenters. The first-order valence-corrected chi connectivity index (χ1v) is 11.0. The molecule has 2 aliphatic rings. The summed E-state index contributed by atoms with van der Waals surface area (Å²) in [6.45, 7) is 3.03. The lowest BCUT2D eigenvalue weighted by Gasteiger charge is -2.43. The van der Waals surface area contributed by atoms with E-state index in [1.807, 2.05) is 55.5 Å². The number of anilines is 1. The highest BCUT2D eigenvalue weighted by Gasteiger charge is 2.43. The number of nitrogens with zero attached hydrogens (tertiary/aromatic N) is 2. The highest BCUT2D eigenvalue weighted by molar-refractivity contribution is 5.97. The largest absolute Gasteiger partial charge is 0.497 e. The summed E-state index contributed by atoms with van der Waals surface area (Å²) >= 11 is 0. The Balaban J connectivity index is 1.74. The number of rotatable bonds is 4. The van der Waals surface area contributed by atoms with Crippen LogP contribution in [-0.4, -0.2) is 48.1 Å². The summed E-state index contributed by atoms with van der Waals surface area (Å²) in [6.07, 6.45) is 1.88. The van der Waals surface area contributed by atoms with Crippen LogP contribution in [0, 0.1) is 12.8 Å². The van der Waals surface area contributed by atoms with E-state index in [0.29, 0.717) is 25.9 Å². The number of aliphatic hydroxyl groups is 1. The third-order valence-electron chi connectivity index (χ3n) is 6.39. The van der Waals surface area contributed by atoms with E-state index in [4.69, 9.17) is 4.74 Å². The molecule has 6 heteroatoms. The van der Waals surface area contributed by atoms with Crippen LogP contribution in [-0.2, 0) is 9.59 Å². The molecule has 1 N–H and O–H groups in total. The van der Waals surface area contributed by atoms with Crippen LogP contribution in [0.25, 0.3) is 0 Å². The van der Waals surface area contributed by atoms with Crippen molar-refractivity contribution < 1.29 is 19.4 Å². The molecule has 2 amide bonds. The molecule has 2 heterocycles. The van der Waals surface area contributed by atoms with Crippen LogP contribution < -0.4 is 9.64 Å². The Morgan fingerprint density at radius 3 is 2.42 bits per heavy atom. The lowest BCUT2D eigenvalue weighted by molar-refractivity contribution is -0.141. The van der Waals surface area contributed by atoms with Crippen LogP contribution in [0.4, 0.5) is 5.69 Å². The van der Waals surface area contributed by atoms with Crippen molar-refractivity contribution in [1.82, 2.24) is 4.90 Å². The predicted molar refractivity (Wildman–Crippen MR) is 119 cm³/mol. The number of piperidine rings is 2. The number of aliphatic hydroxyl groups excluding tert-OH is 1. The van der Waals surface area contributed by atoms with Gasteiger partial charge in [-0.05, 0) is 56.0 Å². The average molecular weight is 423 g/mol. The van der Waals surface area contributed by atoms with Crippen LogP contribution in [0.2, 0.25) is 0 Å². The fourth-order valence-electron chi connectivity index (χ4n) is 4.73. The third kappa shape index (κ3) is 4.44. The lowest BCUT2D eigenvalue weighted by Crippen LogP contribution is -2.51. The van der Waals surface area contributed by atoms with E-state index in [9.17, 15) is 14.7 Å². The van der Waals surface area contributed by atoms with E-state index < -0.39 is 12.1 Å². The number of likely N-dealkylation sites (tertiary alicyclic amines) is 1. The average Bonchev–Trinajstić information content (AvgIpc) is 2.79. The standard InChI is InChI=1S/C25H30N2O4/c1-17-5-9-19(10-6-17)27-23(29)14-13-22(25(30)26-15-3-4-20(28)16-26)24(27)18-7-11-21(31-2)12-8-18/h5-12,20,22,24,28H,3-4,13-16H2,1-2H3. The van der Waals surface area contributed by atoms with Gasteiger partial charge in [0.25, 0.3) is 0 Å². The van der Waals surface area contributed by atoms with Crippen molar-refractivity contribution in [2.75, 3.05) is 25.1 Å². The zero-order valence-electron chi connectivity index (χ0n) is 18.2. The van der Waals surface area contributed by atoms with Crippen molar-refractivity contribution in [2.45, 2.75) is 44.8 Å². The first-order chi connectivity index (χ1) is 15.0. The Bertz CT molecular complexity index is 926. The van der Waals surface area contributed by atoms with Gasteiger partial charge in [-0.3, -0.25) is 9.59 Å². The highest BCUT2D eigenvalue weighted by atomic mass is 16.5. The summed E-state index contributed by atoms with van der Waals surface area (Å²) in [6, 6.07) is 15.1. The van der Waals surface area contributed by atoms with Crippen molar-refractivity contribution in [3.05, 3.63) is 59.7 Å². The summed E-state index contributed by atoms with van der Waals surface area (Å²) in [5.41, 5.74) is 2.82. The van der Waals surface area contributed by atoms with Gasteiger partial charge >= 0.3 is 0 Å². The van der Waals surface area contributed by atoms with E-state index >= 15 is 0 Å². The number of carbonyl (C=O) groups is 2. The number of amides is 2. The van der Waals surface area contributed by atoms with Gasteiger partial charge in [0.1, 0.15) is 5.75 Å². The molecule has 6 nitrogen and oxygen atoms in total. The van der Waals surface area contributed by atoms with Gasteiger partial charge in [0.15, 0.2) is 0 Å². The monoisotopic (exact) mass is 422 g/mol. The van der Waals surface area contributed by atoms with Gasteiger partial charge in [-0.15, -0.1) is 0 Å². The molecule has 2 fully saturated rings. The van der Waals surface area contributed by atoms with Crippen molar-refractivity contribution in [3.8, 4) is 5.75 Å². The topological polar surface area (TPSA) is 70.1 Å². The van der Waals surface area contributed by atoms with Crippen molar-refractivity contribution in [2.24, 2.45) is 5.92 Å². The predicted octanol–water partition coefficient (Wildman–Crippen LogP) is 3.47. The van der Waals surface area contributed by atoms with Crippen molar-refractivity contribution >= 4 is 17.5 Å². The molecule has 0 saturated carbocycles. The fourth-order valence-corrected chi connectivity index (χ4v) is 4.73. The molecule has 3 unspecified atom stereocenters. The Morgan fingerprint density at radius 1 is 1.06 bits per heavy atom. The molecular weight excluding hydrogens is 392 g/mol. The molecule has 2 aromatic rings. The maximum atomic E-state index is 13.6. The summed E-state index contributed by atoms with van der Waals surface area (Å²) in [5.74, 6) is 0.407. The summed E-state index contributed by atoms with van der Waals surface area (Å²) < 4.78 is 5.30. The molecule has 164 valence electrons. The second kappa shape index (κ2) is 9.10. The molecule has 0 radical (unpaired) electrons. The maximum absolute atomic E-state index is 13.6. The number of hydrogen-bond acceptors (Lipinski definition) is 4. The van der Waals surface area contributed by atoms with Gasteiger partial charge in [0, 0.05) is 25.2 Å². The van der Waals surface area contributed by atoms with Crippen LogP contribution in [0.3, 0.4) is 0 Å². The SMILES string of the molecule is COc1ccc(C2C(C(=O)N3CCCC(O)C3)CCC(=O)N2c2ccc(C)cc2)cc1. The van der Waals surface area contributed by atoms with Gasteiger partial charge in [-0.2, -0.15) is 0 Å². The Hall–Kier alpha value is -2.86. The minimum atomic E-state index is -0.476. The highest BCUT2D eigenvalue weighted by Crippen LogP contribution is 2.41. The third-order valence-corrected chi connectivity index (χ3v) is 6.39. The van der Waals surface area contributed by atoms with Crippen LogP contribution in [0.5, 0.6) is 5.75 Å². The van der Waals surface area contributed by atoms with Crippen molar-refractivity contribution in [1.29, 1.82) is 0 Å². The summed E-state index contributed by atoms with van der Waals surface area (Å²) in [4.78, 5) is 30.3. The molecule has 2 aromatic carbocycles. The quantitative estimate of drug-likeness (QED) is 0.819. The van der Waals surface area contributed by atoms with E-state index in [-0.39, 0.29) is 17.7 Å². The van der Waals surface area contributed by atoms with E-state index in [1.165, 1.54) is 0 Å².